The molecule has 6 heteroatoms. The highest BCUT2D eigenvalue weighted by atomic mass is 32.2. The predicted octanol–water partition coefficient (Wildman–Crippen LogP) is 0.240. The van der Waals surface area contributed by atoms with Crippen LogP contribution in [0.5, 0.6) is 0 Å². The minimum absolute atomic E-state index is 0.0648. The molecule has 0 spiro atoms. The second kappa shape index (κ2) is 6.11. The second-order valence-corrected chi connectivity index (χ2v) is 5.29. The first-order valence-corrected chi connectivity index (χ1v) is 6.72. The average Bonchev–Trinajstić information content (AvgIpc) is 2.69. The number of hydrogen-bond donors (Lipinski definition) is 2. The van der Waals surface area contributed by atoms with E-state index in [0.717, 1.165) is 25.1 Å². The molecule has 0 amide bonds. The summed E-state index contributed by atoms with van der Waals surface area (Å²) < 4.78 is 31.2. The van der Waals surface area contributed by atoms with E-state index in [2.05, 4.69) is 5.32 Å². The molecule has 1 aromatic rings. The molecule has 2 N–H and O–H groups in total. The van der Waals surface area contributed by atoms with Gasteiger partial charge in [0.2, 0.25) is 0 Å². The van der Waals surface area contributed by atoms with E-state index in [1.54, 1.807) is 12.1 Å². The second-order valence-electron chi connectivity index (χ2n) is 3.91. The Kier molecular flexibility index (Phi) is 5.07. The molecule has 2 rings (SSSR count). The fourth-order valence-electron chi connectivity index (χ4n) is 1.34. The molecule has 1 aliphatic heterocycles. The van der Waals surface area contributed by atoms with Crippen molar-refractivity contribution in [2.24, 2.45) is 0 Å². The third-order valence-corrected chi connectivity index (χ3v) is 3.19. The topological polar surface area (TPSA) is 89.5 Å². The Hall–Kier alpha value is -0.950. The zero-order valence-electron chi connectivity index (χ0n) is 9.59. The minimum atomic E-state index is -4.27. The van der Waals surface area contributed by atoms with Crippen molar-refractivity contribution in [2.75, 3.05) is 13.1 Å². The van der Waals surface area contributed by atoms with Crippen molar-refractivity contribution in [2.45, 2.75) is 24.3 Å². The lowest BCUT2D eigenvalue weighted by Gasteiger charge is -2.05. The molecule has 5 nitrogen and oxygen atoms in total. The maximum atomic E-state index is 10.4. The van der Waals surface area contributed by atoms with Crippen LogP contribution < -0.4 is 5.32 Å². The van der Waals surface area contributed by atoms with Gasteiger partial charge in [0.15, 0.2) is 0 Å². The van der Waals surface area contributed by atoms with Gasteiger partial charge in [0.1, 0.15) is 10.1 Å². The molecule has 1 fully saturated rings. The van der Waals surface area contributed by atoms with Gasteiger partial charge < -0.3 is 15.0 Å². The molecule has 1 atom stereocenters. The Morgan fingerprint density at radius 2 is 1.94 bits per heavy atom. The standard InChI is InChI=1S/C7H8O3S.C4H9NO/c1-6-2-4-7(5-3-6)11(8,9)10;6-4-1-2-5-3-4/h2-5H,1H3,(H,8,9,10);4-6H,1-3H2/p-1/t;4-/m.1/s1. The van der Waals surface area contributed by atoms with Crippen LogP contribution in [-0.4, -0.2) is 37.3 Å². The van der Waals surface area contributed by atoms with Gasteiger partial charge in [0, 0.05) is 6.54 Å². The quantitative estimate of drug-likeness (QED) is 0.704. The molecule has 1 heterocycles. The van der Waals surface area contributed by atoms with Crippen molar-refractivity contribution in [3.05, 3.63) is 29.8 Å². The van der Waals surface area contributed by atoms with Crippen LogP contribution in [-0.2, 0) is 10.1 Å². The molecular formula is C11H16NO4S-. The molecule has 1 aliphatic rings. The first kappa shape index (κ1) is 14.1. The molecule has 0 aromatic heterocycles. The first-order chi connectivity index (χ1) is 7.89. The lowest BCUT2D eigenvalue weighted by Crippen LogP contribution is -2.11. The number of hydrogen-bond acceptors (Lipinski definition) is 5. The van der Waals surface area contributed by atoms with Crippen LogP contribution in [0.2, 0.25) is 0 Å². The van der Waals surface area contributed by atoms with Gasteiger partial charge in [-0.2, -0.15) is 0 Å². The molecule has 0 unspecified atom stereocenters. The average molecular weight is 258 g/mol. The third kappa shape index (κ3) is 5.27. The molecule has 1 aromatic carbocycles. The first-order valence-electron chi connectivity index (χ1n) is 5.31. The van der Waals surface area contributed by atoms with E-state index < -0.39 is 10.1 Å². The summed E-state index contributed by atoms with van der Waals surface area (Å²) >= 11 is 0. The monoisotopic (exact) mass is 258 g/mol. The lowest BCUT2D eigenvalue weighted by atomic mass is 10.2. The Balaban J connectivity index is 0.000000202. The number of aliphatic hydroxyl groups excluding tert-OH is 1. The fraction of sp³-hybridized carbons (Fsp3) is 0.455. The van der Waals surface area contributed by atoms with E-state index in [-0.39, 0.29) is 11.0 Å². The maximum Gasteiger partial charge on any atom is 0.124 e. The van der Waals surface area contributed by atoms with Crippen molar-refractivity contribution >= 4 is 10.1 Å². The van der Waals surface area contributed by atoms with Crippen molar-refractivity contribution in [3.8, 4) is 0 Å². The van der Waals surface area contributed by atoms with Crippen molar-refractivity contribution in [1.82, 2.24) is 5.32 Å². The van der Waals surface area contributed by atoms with E-state index in [0.29, 0.717) is 0 Å². The molecule has 0 saturated carbocycles. The highest BCUT2D eigenvalue weighted by Crippen LogP contribution is 2.08. The molecular weight excluding hydrogens is 242 g/mol. The van der Waals surface area contributed by atoms with E-state index >= 15 is 0 Å². The highest BCUT2D eigenvalue weighted by molar-refractivity contribution is 7.85. The van der Waals surface area contributed by atoms with Crippen molar-refractivity contribution < 1.29 is 18.1 Å². The Morgan fingerprint density at radius 3 is 2.24 bits per heavy atom. The smallest absolute Gasteiger partial charge is 0.124 e. The summed E-state index contributed by atoms with van der Waals surface area (Å²) in [7, 11) is -4.27. The lowest BCUT2D eigenvalue weighted by molar-refractivity contribution is 0.196. The zero-order chi connectivity index (χ0) is 12.9. The Labute approximate surface area is 101 Å². The van der Waals surface area contributed by atoms with Gasteiger partial charge in [-0.05, 0) is 32.0 Å². The summed E-state index contributed by atoms with van der Waals surface area (Å²) in [5, 5.41) is 11.7. The molecule has 0 radical (unpaired) electrons. The van der Waals surface area contributed by atoms with E-state index in [4.69, 9.17) is 5.11 Å². The van der Waals surface area contributed by atoms with Gasteiger partial charge in [0.05, 0.1) is 11.0 Å². The van der Waals surface area contributed by atoms with Crippen LogP contribution in [0, 0.1) is 6.92 Å². The Bertz CT molecular complexity index is 435. The number of benzene rings is 1. The molecule has 0 bridgehead atoms. The minimum Gasteiger partial charge on any atom is -0.744 e. The van der Waals surface area contributed by atoms with Gasteiger partial charge in [-0.3, -0.25) is 0 Å². The summed E-state index contributed by atoms with van der Waals surface area (Å²) in [6, 6.07) is 5.78. The third-order valence-electron chi connectivity index (χ3n) is 2.34. The molecule has 17 heavy (non-hydrogen) atoms. The van der Waals surface area contributed by atoms with Crippen LogP contribution in [0.25, 0.3) is 0 Å². The number of nitrogens with one attached hydrogen (secondary N) is 1. The summed E-state index contributed by atoms with van der Waals surface area (Å²) in [6.07, 6.45) is 0.866. The predicted molar refractivity (Wildman–Crippen MR) is 62.6 cm³/mol. The fourth-order valence-corrected chi connectivity index (χ4v) is 1.81. The van der Waals surface area contributed by atoms with Gasteiger partial charge in [-0.15, -0.1) is 0 Å². The number of β-amino-alcohol motifs (C(OH)–C–C–N with tert-alkyl or cyclic N) is 1. The molecule has 96 valence electrons. The van der Waals surface area contributed by atoms with Crippen LogP contribution in [0.3, 0.4) is 0 Å². The summed E-state index contributed by atoms with van der Waals surface area (Å²) in [4.78, 5) is -0.178. The largest absolute Gasteiger partial charge is 0.744 e. The highest BCUT2D eigenvalue weighted by Gasteiger charge is 2.08. The van der Waals surface area contributed by atoms with E-state index in [1.807, 2.05) is 6.92 Å². The van der Waals surface area contributed by atoms with Crippen LogP contribution in [0.4, 0.5) is 0 Å². The van der Waals surface area contributed by atoms with E-state index in [9.17, 15) is 13.0 Å². The SMILES string of the molecule is Cc1ccc(S(=O)(=O)[O-])cc1.O[C@@H]1CCNC1. The van der Waals surface area contributed by atoms with E-state index in [1.165, 1.54) is 12.1 Å². The maximum absolute atomic E-state index is 10.4. The molecule has 1 saturated heterocycles. The van der Waals surface area contributed by atoms with Gasteiger partial charge in [-0.1, -0.05) is 17.7 Å². The van der Waals surface area contributed by atoms with Crippen LogP contribution >= 0.6 is 0 Å². The van der Waals surface area contributed by atoms with Crippen molar-refractivity contribution in [3.63, 3.8) is 0 Å². The molecule has 0 aliphatic carbocycles. The van der Waals surface area contributed by atoms with Crippen LogP contribution in [0.15, 0.2) is 29.2 Å². The number of aliphatic hydroxyl groups is 1. The van der Waals surface area contributed by atoms with Gasteiger partial charge >= 0.3 is 0 Å². The number of rotatable bonds is 1. The van der Waals surface area contributed by atoms with Crippen molar-refractivity contribution in [1.29, 1.82) is 0 Å². The summed E-state index contributed by atoms with van der Waals surface area (Å²) in [5.74, 6) is 0. The van der Waals surface area contributed by atoms with Gasteiger partial charge in [-0.25, -0.2) is 8.42 Å². The number of aryl methyl sites for hydroxylation is 1. The Morgan fingerprint density at radius 1 is 1.35 bits per heavy atom. The van der Waals surface area contributed by atoms with Gasteiger partial charge in [0.25, 0.3) is 0 Å². The summed E-state index contributed by atoms with van der Waals surface area (Å²) in [5.41, 5.74) is 0.928. The zero-order valence-corrected chi connectivity index (χ0v) is 10.4. The normalized spacial score (nSPS) is 19.6. The summed E-state index contributed by atoms with van der Waals surface area (Å²) in [6.45, 7) is 3.60. The van der Waals surface area contributed by atoms with Crippen LogP contribution in [0.1, 0.15) is 12.0 Å².